The van der Waals surface area contributed by atoms with Crippen LogP contribution in [0.3, 0.4) is 0 Å². The Morgan fingerprint density at radius 2 is 2.10 bits per heavy atom. The van der Waals surface area contributed by atoms with E-state index in [1.54, 1.807) is 25.3 Å². The summed E-state index contributed by atoms with van der Waals surface area (Å²) in [6.07, 6.45) is 0. The van der Waals surface area contributed by atoms with Gasteiger partial charge in [-0.1, -0.05) is 20.8 Å². The Kier molecular flexibility index (Phi) is 5.53. The number of hydrogen-bond donors (Lipinski definition) is 2. The maximum atomic E-state index is 12.0. The minimum Gasteiger partial charge on any atom is -0.394 e. The number of aliphatic hydroxyl groups excluding tert-OH is 1. The Balaban J connectivity index is 2.69. The highest BCUT2D eigenvalue weighted by atomic mass is 32.1. The molecule has 0 aliphatic carbocycles. The van der Waals surface area contributed by atoms with Gasteiger partial charge in [0.1, 0.15) is 5.01 Å². The molecule has 2 unspecified atom stereocenters. The van der Waals surface area contributed by atoms with Gasteiger partial charge >= 0.3 is 6.03 Å². The van der Waals surface area contributed by atoms with Gasteiger partial charge in [0, 0.05) is 17.8 Å². The van der Waals surface area contributed by atoms with E-state index in [1.807, 2.05) is 12.3 Å². The summed E-state index contributed by atoms with van der Waals surface area (Å²) in [6.45, 7) is 10.0. The number of amides is 2. The second kappa shape index (κ2) is 6.54. The van der Waals surface area contributed by atoms with Crippen LogP contribution in [0.2, 0.25) is 0 Å². The highest BCUT2D eigenvalue weighted by molar-refractivity contribution is 7.09. The van der Waals surface area contributed by atoms with Crippen molar-refractivity contribution in [2.24, 2.45) is 0 Å². The largest absolute Gasteiger partial charge is 0.394 e. The maximum Gasteiger partial charge on any atom is 0.318 e. The number of thiazole rings is 1. The van der Waals surface area contributed by atoms with Crippen molar-refractivity contribution in [3.8, 4) is 0 Å². The lowest BCUT2D eigenvalue weighted by molar-refractivity contribution is 0.155. The van der Waals surface area contributed by atoms with Crippen LogP contribution in [0.15, 0.2) is 5.38 Å². The topological polar surface area (TPSA) is 65.5 Å². The van der Waals surface area contributed by atoms with Crippen molar-refractivity contribution < 1.29 is 9.90 Å². The molecule has 1 aromatic rings. The normalized spacial score (nSPS) is 14.8. The van der Waals surface area contributed by atoms with E-state index in [0.717, 1.165) is 10.7 Å². The van der Waals surface area contributed by atoms with Crippen molar-refractivity contribution in [2.75, 3.05) is 13.7 Å². The van der Waals surface area contributed by atoms with Crippen LogP contribution in [0.5, 0.6) is 0 Å². The molecule has 0 fully saturated rings. The molecule has 1 aromatic heterocycles. The van der Waals surface area contributed by atoms with Crippen LogP contribution < -0.4 is 5.32 Å². The van der Waals surface area contributed by atoms with Crippen molar-refractivity contribution in [3.05, 3.63) is 16.1 Å². The van der Waals surface area contributed by atoms with Gasteiger partial charge in [0.05, 0.1) is 24.4 Å². The minimum absolute atomic E-state index is 0.0146. The summed E-state index contributed by atoms with van der Waals surface area (Å²) in [6, 6.07) is -0.549. The quantitative estimate of drug-likeness (QED) is 0.898. The predicted octanol–water partition coefficient (Wildman–Crippen LogP) is 2.52. The third-order valence-electron chi connectivity index (χ3n) is 3.25. The second-order valence-electron chi connectivity index (χ2n) is 6.13. The fraction of sp³-hybridized carbons (Fsp3) is 0.714. The number of aromatic nitrogens is 1. The summed E-state index contributed by atoms with van der Waals surface area (Å²) in [5, 5.41) is 14.9. The highest BCUT2D eigenvalue weighted by Gasteiger charge is 2.22. The molecule has 2 atom stereocenters. The van der Waals surface area contributed by atoms with E-state index in [-0.39, 0.29) is 30.1 Å². The summed E-state index contributed by atoms with van der Waals surface area (Å²) >= 11 is 1.56. The van der Waals surface area contributed by atoms with Crippen molar-refractivity contribution in [1.29, 1.82) is 0 Å². The molecule has 0 bridgehead atoms. The first-order valence-electron chi connectivity index (χ1n) is 6.77. The average Bonchev–Trinajstić information content (AvgIpc) is 2.86. The molecule has 6 heteroatoms. The Labute approximate surface area is 125 Å². The van der Waals surface area contributed by atoms with E-state index in [0.29, 0.717) is 0 Å². The molecule has 0 aliphatic rings. The number of nitrogens with one attached hydrogen (secondary N) is 1. The zero-order valence-electron chi connectivity index (χ0n) is 13.1. The summed E-state index contributed by atoms with van der Waals surface area (Å²) in [5.41, 5.74) is 1.05. The lowest BCUT2D eigenvalue weighted by atomic mass is 9.93. The van der Waals surface area contributed by atoms with Crippen molar-refractivity contribution >= 4 is 17.4 Å². The molecule has 2 N–H and O–H groups in total. The van der Waals surface area contributed by atoms with Gasteiger partial charge in [-0.15, -0.1) is 11.3 Å². The molecule has 0 aliphatic heterocycles. The number of rotatable bonds is 4. The van der Waals surface area contributed by atoms with Gasteiger partial charge in [0.25, 0.3) is 0 Å². The van der Waals surface area contributed by atoms with Crippen LogP contribution in [0.25, 0.3) is 0 Å². The second-order valence-corrected chi connectivity index (χ2v) is 7.02. The Bertz CT molecular complexity index is 454. The van der Waals surface area contributed by atoms with Crippen LogP contribution in [0, 0.1) is 0 Å². The van der Waals surface area contributed by atoms with Crippen LogP contribution in [-0.4, -0.2) is 40.7 Å². The molecule has 0 radical (unpaired) electrons. The summed E-state index contributed by atoms with van der Waals surface area (Å²) in [4.78, 5) is 18.1. The SMILES string of the molecule is CC(NC(=O)N(C)C(C)CO)c1nc(C(C)(C)C)cs1. The van der Waals surface area contributed by atoms with Gasteiger partial charge in [0.2, 0.25) is 0 Å². The third kappa shape index (κ3) is 4.18. The third-order valence-corrected chi connectivity index (χ3v) is 4.27. The standard InChI is InChI=1S/C14H25N3O2S/c1-9(7-18)17(6)13(19)15-10(2)12-16-11(8-20-12)14(3,4)5/h8-10,18H,7H2,1-6H3,(H,15,19). The number of likely N-dealkylation sites (N-methyl/N-ethyl adjacent to an activating group) is 1. The molecule has 1 heterocycles. The molecule has 5 nitrogen and oxygen atoms in total. The van der Waals surface area contributed by atoms with Crippen molar-refractivity contribution in [3.63, 3.8) is 0 Å². The van der Waals surface area contributed by atoms with E-state index in [4.69, 9.17) is 5.11 Å². The first-order chi connectivity index (χ1) is 9.16. The van der Waals surface area contributed by atoms with Crippen LogP contribution in [0.4, 0.5) is 4.79 Å². The Morgan fingerprint density at radius 1 is 1.50 bits per heavy atom. The van der Waals surface area contributed by atoms with Crippen molar-refractivity contribution in [1.82, 2.24) is 15.2 Å². The Morgan fingerprint density at radius 3 is 2.55 bits per heavy atom. The van der Waals surface area contributed by atoms with Gasteiger partial charge in [-0.05, 0) is 13.8 Å². The van der Waals surface area contributed by atoms with E-state index in [1.165, 1.54) is 4.90 Å². The van der Waals surface area contributed by atoms with Crippen molar-refractivity contribution in [2.45, 2.75) is 52.1 Å². The van der Waals surface area contributed by atoms with Crippen LogP contribution >= 0.6 is 11.3 Å². The highest BCUT2D eigenvalue weighted by Crippen LogP contribution is 2.26. The van der Waals surface area contributed by atoms with Crippen LogP contribution in [0.1, 0.15) is 51.4 Å². The van der Waals surface area contributed by atoms with Gasteiger partial charge in [0.15, 0.2) is 0 Å². The fourth-order valence-electron chi connectivity index (χ4n) is 1.50. The molecule has 20 heavy (non-hydrogen) atoms. The molecule has 0 aromatic carbocycles. The average molecular weight is 299 g/mol. The summed E-state index contributed by atoms with van der Waals surface area (Å²) in [7, 11) is 1.67. The number of carbonyl (C=O) groups is 1. The minimum atomic E-state index is -0.205. The molecular weight excluding hydrogens is 274 g/mol. The fourth-order valence-corrected chi connectivity index (χ4v) is 2.56. The number of carbonyl (C=O) groups excluding carboxylic acids is 1. The molecule has 2 amide bonds. The zero-order chi connectivity index (χ0) is 15.5. The number of urea groups is 1. The molecule has 0 spiro atoms. The number of aliphatic hydroxyl groups is 1. The van der Waals surface area contributed by atoms with E-state index in [2.05, 4.69) is 31.1 Å². The number of nitrogens with zero attached hydrogens (tertiary/aromatic N) is 2. The summed E-state index contributed by atoms with van der Waals surface area (Å²) < 4.78 is 0. The smallest absolute Gasteiger partial charge is 0.318 e. The lowest BCUT2D eigenvalue weighted by Crippen LogP contribution is -2.44. The molecular formula is C14H25N3O2S. The summed E-state index contributed by atoms with van der Waals surface area (Å²) in [5.74, 6) is 0. The molecule has 0 saturated heterocycles. The first-order valence-corrected chi connectivity index (χ1v) is 7.65. The van der Waals surface area contributed by atoms with Gasteiger partial charge < -0.3 is 15.3 Å². The molecule has 1 rings (SSSR count). The lowest BCUT2D eigenvalue weighted by Gasteiger charge is -2.25. The van der Waals surface area contributed by atoms with Gasteiger partial charge in [-0.25, -0.2) is 9.78 Å². The predicted molar refractivity (Wildman–Crippen MR) is 82.1 cm³/mol. The maximum absolute atomic E-state index is 12.0. The van der Waals surface area contributed by atoms with E-state index < -0.39 is 0 Å². The molecule has 114 valence electrons. The monoisotopic (exact) mass is 299 g/mol. The number of hydrogen-bond acceptors (Lipinski definition) is 4. The van der Waals surface area contributed by atoms with E-state index in [9.17, 15) is 4.79 Å². The Hall–Kier alpha value is -1.14. The van der Waals surface area contributed by atoms with Crippen LogP contribution in [-0.2, 0) is 5.41 Å². The van der Waals surface area contributed by atoms with E-state index >= 15 is 0 Å². The first kappa shape index (κ1) is 16.9. The molecule has 0 saturated carbocycles. The van der Waals surface area contributed by atoms with Gasteiger partial charge in [-0.3, -0.25) is 0 Å². The van der Waals surface area contributed by atoms with Gasteiger partial charge in [-0.2, -0.15) is 0 Å². The zero-order valence-corrected chi connectivity index (χ0v) is 13.9.